The van der Waals surface area contributed by atoms with Crippen molar-refractivity contribution in [2.24, 2.45) is 0 Å². The number of carbonyl (C=O) groups is 1. The molecule has 5 heteroatoms. The van der Waals surface area contributed by atoms with Crippen molar-refractivity contribution >= 4 is 29.8 Å². The Hall–Kier alpha value is -1.55. The van der Waals surface area contributed by atoms with Gasteiger partial charge in [-0.05, 0) is 80.1 Å². The van der Waals surface area contributed by atoms with Crippen LogP contribution >= 0.6 is 24.0 Å². The van der Waals surface area contributed by atoms with Crippen molar-refractivity contribution < 1.29 is 9.53 Å². The summed E-state index contributed by atoms with van der Waals surface area (Å²) in [6.07, 6.45) is 7.65. The molecule has 1 N–H and O–H groups in total. The second-order valence-electron chi connectivity index (χ2n) is 7.80. The lowest BCUT2D eigenvalue weighted by Crippen LogP contribution is -2.18. The van der Waals surface area contributed by atoms with Crippen molar-refractivity contribution in [3.05, 3.63) is 63.7 Å². The third-order valence-corrected chi connectivity index (χ3v) is 5.89. The molecule has 1 aliphatic rings. The molecule has 3 nitrogen and oxygen atoms in total. The second-order valence-corrected chi connectivity index (χ2v) is 8.20. The van der Waals surface area contributed by atoms with Gasteiger partial charge in [0.05, 0.1) is 6.61 Å². The number of hydrogen-bond donors (Lipinski definition) is 1. The maximum absolute atomic E-state index is 12.7. The molecule has 3 rings (SSSR count). The van der Waals surface area contributed by atoms with Crippen LogP contribution in [-0.4, -0.2) is 25.5 Å². The summed E-state index contributed by atoms with van der Waals surface area (Å²) in [6.45, 7) is 4.77. The molecule has 2 aromatic carbocycles. The zero-order valence-electron chi connectivity index (χ0n) is 17.8. The summed E-state index contributed by atoms with van der Waals surface area (Å²) in [5.74, 6) is 1.30. The molecular formula is C25H33Cl2NO2. The SMILES string of the molecule is CCCCc1cc(C(=O)CCCCNCCc2ccccc2Cl)cc2c1OCC2.Cl. The number of carbonyl (C=O) groups excluding carboxylic acids is 1. The Labute approximate surface area is 192 Å². The molecule has 0 bridgehead atoms. The molecule has 0 unspecified atom stereocenters. The topological polar surface area (TPSA) is 38.3 Å². The molecule has 1 aliphatic heterocycles. The zero-order chi connectivity index (χ0) is 20.5. The molecule has 0 radical (unpaired) electrons. The van der Waals surface area contributed by atoms with Crippen LogP contribution in [0.1, 0.15) is 66.1 Å². The highest BCUT2D eigenvalue weighted by molar-refractivity contribution is 6.31. The Bertz CT molecular complexity index is 823. The Balaban J connectivity index is 0.00000320. The molecular weight excluding hydrogens is 417 g/mol. The quantitative estimate of drug-likeness (QED) is 0.308. The minimum absolute atomic E-state index is 0. The summed E-state index contributed by atoms with van der Waals surface area (Å²) in [6, 6.07) is 12.1. The van der Waals surface area contributed by atoms with E-state index in [0.717, 1.165) is 81.0 Å². The summed E-state index contributed by atoms with van der Waals surface area (Å²) >= 11 is 6.18. The normalized spacial score (nSPS) is 12.2. The zero-order valence-corrected chi connectivity index (χ0v) is 19.4. The molecule has 164 valence electrons. The van der Waals surface area contributed by atoms with Crippen LogP contribution < -0.4 is 10.1 Å². The molecule has 0 fully saturated rings. The van der Waals surface area contributed by atoms with Gasteiger partial charge in [-0.3, -0.25) is 4.79 Å². The van der Waals surface area contributed by atoms with E-state index in [1.807, 2.05) is 18.2 Å². The lowest BCUT2D eigenvalue weighted by Gasteiger charge is -2.11. The standard InChI is InChI=1S/C25H32ClNO2.ClH/c1-2-3-8-20-17-22(18-21-13-16-29-25(20)21)24(28)11-6-7-14-27-15-12-19-9-4-5-10-23(19)26;/h4-5,9-10,17-18,27H,2-3,6-8,11-16H2,1H3;1H. The van der Waals surface area contributed by atoms with Gasteiger partial charge in [-0.2, -0.15) is 0 Å². The smallest absolute Gasteiger partial charge is 0.162 e. The monoisotopic (exact) mass is 449 g/mol. The number of ketones is 1. The van der Waals surface area contributed by atoms with Crippen LogP contribution in [0.15, 0.2) is 36.4 Å². The number of hydrogen-bond acceptors (Lipinski definition) is 3. The van der Waals surface area contributed by atoms with E-state index in [2.05, 4.69) is 30.4 Å². The summed E-state index contributed by atoms with van der Waals surface area (Å²) in [5.41, 5.74) is 4.47. The first-order valence-corrected chi connectivity index (χ1v) is 11.3. The van der Waals surface area contributed by atoms with Crippen molar-refractivity contribution in [3.63, 3.8) is 0 Å². The molecule has 1 heterocycles. The van der Waals surface area contributed by atoms with E-state index in [0.29, 0.717) is 6.42 Å². The van der Waals surface area contributed by atoms with Gasteiger partial charge in [0.25, 0.3) is 0 Å². The first-order valence-electron chi connectivity index (χ1n) is 10.9. The van der Waals surface area contributed by atoms with Crippen LogP contribution in [0.3, 0.4) is 0 Å². The van der Waals surface area contributed by atoms with Gasteiger partial charge >= 0.3 is 0 Å². The molecule has 2 aromatic rings. The van der Waals surface area contributed by atoms with Gasteiger partial charge in [-0.1, -0.05) is 43.1 Å². The number of Topliss-reactive ketones (excluding diaryl/α,β-unsaturated/α-hetero) is 1. The van der Waals surface area contributed by atoms with Crippen molar-refractivity contribution in [1.29, 1.82) is 0 Å². The number of rotatable bonds is 12. The van der Waals surface area contributed by atoms with Crippen molar-refractivity contribution in [1.82, 2.24) is 5.32 Å². The number of benzene rings is 2. The predicted octanol–water partition coefficient (Wildman–Crippen LogP) is 6.22. The average Bonchev–Trinajstić information content (AvgIpc) is 3.21. The van der Waals surface area contributed by atoms with Gasteiger partial charge in [0.1, 0.15) is 5.75 Å². The van der Waals surface area contributed by atoms with Crippen LogP contribution in [0.4, 0.5) is 0 Å². The summed E-state index contributed by atoms with van der Waals surface area (Å²) in [4.78, 5) is 12.7. The van der Waals surface area contributed by atoms with E-state index in [9.17, 15) is 4.79 Å². The molecule has 30 heavy (non-hydrogen) atoms. The maximum Gasteiger partial charge on any atom is 0.162 e. The largest absolute Gasteiger partial charge is 0.493 e. The van der Waals surface area contributed by atoms with Gasteiger partial charge < -0.3 is 10.1 Å². The van der Waals surface area contributed by atoms with Crippen LogP contribution in [0.25, 0.3) is 0 Å². The minimum Gasteiger partial charge on any atom is -0.493 e. The lowest BCUT2D eigenvalue weighted by molar-refractivity contribution is 0.0979. The number of nitrogens with one attached hydrogen (secondary N) is 1. The second kappa shape index (κ2) is 13.0. The van der Waals surface area contributed by atoms with Crippen molar-refractivity contribution in [2.45, 2.75) is 58.3 Å². The molecule has 0 spiro atoms. The average molecular weight is 450 g/mol. The lowest BCUT2D eigenvalue weighted by atomic mass is 9.96. The summed E-state index contributed by atoms with van der Waals surface area (Å²) in [7, 11) is 0. The van der Waals surface area contributed by atoms with Gasteiger partial charge in [-0.15, -0.1) is 12.4 Å². The maximum atomic E-state index is 12.7. The Kier molecular flexibility index (Phi) is 10.7. The first kappa shape index (κ1) is 24.7. The van der Waals surface area contributed by atoms with E-state index in [-0.39, 0.29) is 18.2 Å². The highest BCUT2D eigenvalue weighted by Gasteiger charge is 2.19. The third kappa shape index (κ3) is 7.01. The highest BCUT2D eigenvalue weighted by atomic mass is 35.5. The fourth-order valence-electron chi connectivity index (χ4n) is 3.83. The van der Waals surface area contributed by atoms with Crippen molar-refractivity contribution in [2.75, 3.05) is 19.7 Å². The predicted molar refractivity (Wildman–Crippen MR) is 128 cm³/mol. The molecule has 0 atom stereocenters. The Morgan fingerprint density at radius 1 is 1.07 bits per heavy atom. The van der Waals surface area contributed by atoms with Crippen LogP contribution in [0, 0.1) is 0 Å². The van der Waals surface area contributed by atoms with E-state index in [1.165, 1.54) is 16.7 Å². The number of ether oxygens (including phenoxy) is 1. The molecule has 0 saturated heterocycles. The Morgan fingerprint density at radius 3 is 2.70 bits per heavy atom. The van der Waals surface area contributed by atoms with Crippen molar-refractivity contribution in [3.8, 4) is 5.75 Å². The van der Waals surface area contributed by atoms with E-state index < -0.39 is 0 Å². The molecule has 0 saturated carbocycles. The third-order valence-electron chi connectivity index (χ3n) is 5.52. The molecule has 0 aliphatic carbocycles. The molecule has 0 aromatic heterocycles. The van der Waals surface area contributed by atoms with E-state index in [4.69, 9.17) is 16.3 Å². The summed E-state index contributed by atoms with van der Waals surface area (Å²) < 4.78 is 5.81. The minimum atomic E-state index is 0. The van der Waals surface area contributed by atoms with E-state index >= 15 is 0 Å². The fraction of sp³-hybridized carbons (Fsp3) is 0.480. The number of fused-ring (bicyclic) bond motifs is 1. The highest BCUT2D eigenvalue weighted by Crippen LogP contribution is 2.32. The molecule has 0 amide bonds. The number of unbranched alkanes of at least 4 members (excludes halogenated alkanes) is 2. The summed E-state index contributed by atoms with van der Waals surface area (Å²) in [5, 5.41) is 4.29. The van der Waals surface area contributed by atoms with Gasteiger partial charge in [0.2, 0.25) is 0 Å². The van der Waals surface area contributed by atoms with E-state index in [1.54, 1.807) is 0 Å². The number of aryl methyl sites for hydroxylation is 1. The fourth-order valence-corrected chi connectivity index (χ4v) is 4.06. The van der Waals surface area contributed by atoms with Gasteiger partial charge in [0, 0.05) is 23.4 Å². The first-order chi connectivity index (χ1) is 14.2. The van der Waals surface area contributed by atoms with Crippen LogP contribution in [0.5, 0.6) is 5.75 Å². The van der Waals surface area contributed by atoms with Gasteiger partial charge in [-0.25, -0.2) is 0 Å². The van der Waals surface area contributed by atoms with Gasteiger partial charge in [0.15, 0.2) is 5.78 Å². The number of halogens is 2. The Morgan fingerprint density at radius 2 is 1.90 bits per heavy atom. The van der Waals surface area contributed by atoms with Crippen LogP contribution in [0.2, 0.25) is 5.02 Å². The van der Waals surface area contributed by atoms with Crippen LogP contribution in [-0.2, 0) is 19.3 Å².